The molecule has 2 aromatic rings. The van der Waals surface area contributed by atoms with Crippen LogP contribution in [0.25, 0.3) is 0 Å². The number of rotatable bonds is 1. The molecule has 0 heterocycles. The maximum Gasteiger partial charge on any atom is 0.151 e. The zero-order chi connectivity index (χ0) is 14.5. The molecule has 0 aliphatic carbocycles. The highest BCUT2D eigenvalue weighted by molar-refractivity contribution is 7.78. The molecule has 3 heteroatoms. The van der Waals surface area contributed by atoms with Gasteiger partial charge in [-0.3, -0.25) is 0 Å². The fourth-order valence-electron chi connectivity index (χ4n) is 1.78. The lowest BCUT2D eigenvalue weighted by atomic mass is 10.1. The average Bonchev–Trinajstić information content (AvgIpc) is 2.42. The van der Waals surface area contributed by atoms with Crippen LogP contribution in [0.3, 0.4) is 0 Å². The third-order valence-corrected chi connectivity index (χ3v) is 2.91. The maximum atomic E-state index is 13.8. The highest BCUT2D eigenvalue weighted by atomic mass is 32.1. The number of aliphatic imine (C=N–C) groups is 1. The largest absolute Gasteiger partial charge is 0.205 e. The summed E-state index contributed by atoms with van der Waals surface area (Å²) in [5.74, 6) is 5.53. The molecule has 20 heavy (non-hydrogen) atoms. The number of thiocarbonyl (C=S) groups is 1. The number of hydrogen-bond acceptors (Lipinski definition) is 2. The van der Waals surface area contributed by atoms with E-state index in [2.05, 4.69) is 34.2 Å². The molecule has 1 nitrogen and oxygen atoms in total. The monoisotopic (exact) mass is 281 g/mol. The van der Waals surface area contributed by atoms with Crippen LogP contribution >= 0.6 is 12.2 Å². The van der Waals surface area contributed by atoms with E-state index < -0.39 is 5.82 Å². The van der Waals surface area contributed by atoms with Crippen LogP contribution in [-0.4, -0.2) is 5.16 Å². The smallest absolute Gasteiger partial charge is 0.151 e. The van der Waals surface area contributed by atoms with E-state index in [9.17, 15) is 4.39 Å². The molecule has 2 aromatic carbocycles. The minimum Gasteiger partial charge on any atom is -0.205 e. The number of hydrogen-bond donors (Lipinski definition) is 0. The van der Waals surface area contributed by atoms with Crippen LogP contribution in [0, 0.1) is 31.5 Å². The average molecular weight is 281 g/mol. The van der Waals surface area contributed by atoms with Crippen molar-refractivity contribution in [3.8, 4) is 11.8 Å². The first-order valence-corrected chi connectivity index (χ1v) is 6.47. The zero-order valence-corrected chi connectivity index (χ0v) is 12.0. The summed E-state index contributed by atoms with van der Waals surface area (Å²) in [5, 5.41) is 2.18. The predicted molar refractivity (Wildman–Crippen MR) is 83.0 cm³/mol. The molecule has 98 valence electrons. The lowest BCUT2D eigenvalue weighted by Crippen LogP contribution is -1.85. The van der Waals surface area contributed by atoms with Gasteiger partial charge in [0.1, 0.15) is 5.69 Å². The molecule has 0 aromatic heterocycles. The van der Waals surface area contributed by atoms with Crippen molar-refractivity contribution in [1.82, 2.24) is 0 Å². The quantitative estimate of drug-likeness (QED) is 0.423. The molecule has 0 aliphatic heterocycles. The second-order valence-corrected chi connectivity index (χ2v) is 4.63. The SMILES string of the molecule is Cc1ccc(C#Cc2cc(C)c(N=C=S)c(F)c2)cc1. The third-order valence-electron chi connectivity index (χ3n) is 2.81. The van der Waals surface area contributed by atoms with E-state index in [1.165, 1.54) is 11.6 Å². The van der Waals surface area contributed by atoms with Gasteiger partial charge in [-0.05, 0) is 55.9 Å². The first kappa shape index (κ1) is 14.1. The van der Waals surface area contributed by atoms with E-state index in [1.54, 1.807) is 13.0 Å². The van der Waals surface area contributed by atoms with Crippen LogP contribution in [0.4, 0.5) is 10.1 Å². The van der Waals surface area contributed by atoms with Gasteiger partial charge in [0.25, 0.3) is 0 Å². The van der Waals surface area contributed by atoms with Crippen molar-refractivity contribution in [3.63, 3.8) is 0 Å². The Morgan fingerprint density at radius 3 is 2.25 bits per heavy atom. The van der Waals surface area contributed by atoms with Crippen LogP contribution in [0.15, 0.2) is 41.4 Å². The number of halogens is 1. The van der Waals surface area contributed by atoms with Crippen molar-refractivity contribution in [2.24, 2.45) is 4.99 Å². The summed E-state index contributed by atoms with van der Waals surface area (Å²) >= 11 is 4.50. The Morgan fingerprint density at radius 1 is 1.00 bits per heavy atom. The summed E-state index contributed by atoms with van der Waals surface area (Å²) in [6.45, 7) is 3.79. The van der Waals surface area contributed by atoms with Crippen LogP contribution < -0.4 is 0 Å². The number of isothiocyanates is 1. The second-order valence-electron chi connectivity index (χ2n) is 4.44. The lowest BCUT2D eigenvalue weighted by Gasteiger charge is -2.01. The molecule has 0 bridgehead atoms. The van der Waals surface area contributed by atoms with Gasteiger partial charge in [0.2, 0.25) is 0 Å². The summed E-state index contributed by atoms with van der Waals surface area (Å²) in [4.78, 5) is 3.72. The van der Waals surface area contributed by atoms with Crippen molar-refractivity contribution in [1.29, 1.82) is 0 Å². The van der Waals surface area contributed by atoms with Crippen LogP contribution in [-0.2, 0) is 0 Å². The normalized spacial score (nSPS) is 9.35. The van der Waals surface area contributed by atoms with E-state index in [-0.39, 0.29) is 5.69 Å². The molecule has 0 aliphatic rings. The zero-order valence-electron chi connectivity index (χ0n) is 11.2. The number of aryl methyl sites for hydroxylation is 2. The van der Waals surface area contributed by atoms with Crippen molar-refractivity contribution in [2.45, 2.75) is 13.8 Å². The Kier molecular flexibility index (Phi) is 4.42. The van der Waals surface area contributed by atoms with Gasteiger partial charge in [0.05, 0.1) is 5.16 Å². The Labute approximate surface area is 123 Å². The van der Waals surface area contributed by atoms with Crippen molar-refractivity contribution in [3.05, 3.63) is 64.5 Å². The van der Waals surface area contributed by atoms with Gasteiger partial charge in [-0.2, -0.15) is 4.99 Å². The van der Waals surface area contributed by atoms with Crippen molar-refractivity contribution >= 4 is 23.1 Å². The van der Waals surface area contributed by atoms with Crippen molar-refractivity contribution in [2.75, 3.05) is 0 Å². The molecule has 0 fully saturated rings. The first-order chi connectivity index (χ1) is 9.60. The topological polar surface area (TPSA) is 12.4 Å². The van der Waals surface area contributed by atoms with E-state index in [4.69, 9.17) is 0 Å². The fraction of sp³-hybridized carbons (Fsp3) is 0.118. The van der Waals surface area contributed by atoms with Crippen LogP contribution in [0.1, 0.15) is 22.3 Å². The van der Waals surface area contributed by atoms with Gasteiger partial charge in [0, 0.05) is 11.1 Å². The standard InChI is InChI=1S/C17H12FNS/c1-12-3-5-14(6-4-12)7-8-15-9-13(2)17(19-11-20)16(18)10-15/h3-6,9-10H,1-2H3. The van der Waals surface area contributed by atoms with Gasteiger partial charge in [-0.25, -0.2) is 4.39 Å². The summed E-state index contributed by atoms with van der Waals surface area (Å²) in [6.07, 6.45) is 0. The highest BCUT2D eigenvalue weighted by Crippen LogP contribution is 2.23. The van der Waals surface area contributed by atoms with Gasteiger partial charge >= 0.3 is 0 Å². The van der Waals surface area contributed by atoms with Crippen LogP contribution in [0.5, 0.6) is 0 Å². The molecule has 0 saturated carbocycles. The van der Waals surface area contributed by atoms with E-state index in [1.807, 2.05) is 31.2 Å². The van der Waals surface area contributed by atoms with Crippen LogP contribution in [0.2, 0.25) is 0 Å². The summed E-state index contributed by atoms with van der Waals surface area (Å²) in [5.41, 5.74) is 3.61. The highest BCUT2D eigenvalue weighted by Gasteiger charge is 2.05. The summed E-state index contributed by atoms with van der Waals surface area (Å²) in [6, 6.07) is 11.0. The molecule has 0 N–H and O–H groups in total. The van der Waals surface area contributed by atoms with Crippen molar-refractivity contribution < 1.29 is 4.39 Å². The van der Waals surface area contributed by atoms with Gasteiger partial charge in [-0.15, -0.1) is 0 Å². The minimum absolute atomic E-state index is 0.223. The molecule has 0 unspecified atom stereocenters. The molecule has 2 rings (SSSR count). The number of nitrogens with zero attached hydrogens (tertiary/aromatic N) is 1. The van der Waals surface area contributed by atoms with Gasteiger partial charge < -0.3 is 0 Å². The summed E-state index contributed by atoms with van der Waals surface area (Å²) < 4.78 is 13.8. The Bertz CT molecular complexity index is 722. The molecule has 0 atom stereocenters. The van der Waals surface area contributed by atoms with E-state index in [0.29, 0.717) is 11.1 Å². The molecule has 0 amide bonds. The molecule has 0 saturated heterocycles. The summed E-state index contributed by atoms with van der Waals surface area (Å²) in [7, 11) is 0. The Hall–Kier alpha value is -2.27. The Balaban J connectivity index is 2.36. The maximum absolute atomic E-state index is 13.8. The Morgan fingerprint density at radius 2 is 1.65 bits per heavy atom. The fourth-order valence-corrected chi connectivity index (χ4v) is 1.87. The first-order valence-electron chi connectivity index (χ1n) is 6.07. The van der Waals surface area contributed by atoms with Gasteiger partial charge in [0.15, 0.2) is 5.82 Å². The molecular formula is C17H12FNS. The molecular weight excluding hydrogens is 269 g/mol. The van der Waals surface area contributed by atoms with E-state index in [0.717, 1.165) is 5.56 Å². The molecule has 0 radical (unpaired) electrons. The third kappa shape index (κ3) is 3.39. The van der Waals surface area contributed by atoms with Gasteiger partial charge in [-0.1, -0.05) is 29.5 Å². The van der Waals surface area contributed by atoms with E-state index >= 15 is 0 Å². The number of benzene rings is 2. The predicted octanol–water partition coefficient (Wildman–Crippen LogP) is 4.58. The molecule has 0 spiro atoms. The second kappa shape index (κ2) is 6.25. The lowest BCUT2D eigenvalue weighted by molar-refractivity contribution is 0.628. The minimum atomic E-state index is -0.435.